The molecule has 0 aromatic carbocycles. The molecule has 4 atom stereocenters. The fourth-order valence-corrected chi connectivity index (χ4v) is 0.618. The molecule has 0 aromatic rings. The Balaban J connectivity index is 0. The van der Waals surface area contributed by atoms with Crippen molar-refractivity contribution in [2.24, 2.45) is 0 Å². The van der Waals surface area contributed by atoms with Gasteiger partial charge < -0.3 is 35.4 Å². The second kappa shape index (κ2) is 9.19. The van der Waals surface area contributed by atoms with Crippen LogP contribution >= 0.6 is 0 Å². The summed E-state index contributed by atoms with van der Waals surface area (Å²) in [7, 11) is 0. The topological polar surface area (TPSA) is 156 Å². The van der Waals surface area contributed by atoms with E-state index in [1.807, 2.05) is 0 Å². The largest absolute Gasteiger partial charge is 0.481 e. The number of aliphatic hydroxyl groups excluding tert-OH is 5. The van der Waals surface area contributed by atoms with Crippen LogP contribution in [0.3, 0.4) is 0 Å². The monoisotopic (exact) mass is 240 g/mol. The summed E-state index contributed by atoms with van der Waals surface area (Å²) in [4.78, 5) is 18.9. The molecule has 0 amide bonds. The van der Waals surface area contributed by atoms with Crippen molar-refractivity contribution in [2.45, 2.75) is 31.3 Å². The molecule has 0 unspecified atom stereocenters. The molecule has 0 fully saturated rings. The molecule has 16 heavy (non-hydrogen) atoms. The second-order valence-electron chi connectivity index (χ2n) is 2.88. The molecule has 6 N–H and O–H groups in total. The van der Waals surface area contributed by atoms with Crippen LogP contribution in [-0.4, -0.2) is 73.9 Å². The van der Waals surface area contributed by atoms with Crippen LogP contribution in [0.5, 0.6) is 0 Å². The number of aliphatic hydroxyl groups is 5. The molecular weight excluding hydrogens is 224 g/mol. The maximum atomic E-state index is 9.90. The smallest absolute Gasteiger partial charge is 0.300 e. The van der Waals surface area contributed by atoms with E-state index < -0.39 is 37.0 Å². The van der Waals surface area contributed by atoms with Crippen molar-refractivity contribution < 1.29 is 40.2 Å². The molecule has 0 aliphatic rings. The number of aliphatic carboxylic acids is 1. The van der Waals surface area contributed by atoms with Gasteiger partial charge in [0.15, 0.2) is 6.29 Å². The number of hydrogen-bond acceptors (Lipinski definition) is 7. The minimum atomic E-state index is -1.79. The van der Waals surface area contributed by atoms with Gasteiger partial charge in [-0.15, -0.1) is 0 Å². The van der Waals surface area contributed by atoms with Crippen LogP contribution in [0.25, 0.3) is 0 Å². The van der Waals surface area contributed by atoms with Gasteiger partial charge in [0.1, 0.15) is 24.4 Å². The van der Waals surface area contributed by atoms with Crippen LogP contribution in [0.2, 0.25) is 0 Å². The summed E-state index contributed by atoms with van der Waals surface area (Å²) in [5.41, 5.74) is 0. The molecule has 8 nitrogen and oxygen atoms in total. The van der Waals surface area contributed by atoms with Crippen LogP contribution in [-0.2, 0) is 9.59 Å². The molecule has 0 saturated carbocycles. The first-order chi connectivity index (χ1) is 7.27. The van der Waals surface area contributed by atoms with Crippen LogP contribution in [0, 0.1) is 0 Å². The van der Waals surface area contributed by atoms with Crippen LogP contribution < -0.4 is 0 Å². The van der Waals surface area contributed by atoms with Crippen LogP contribution in [0.15, 0.2) is 0 Å². The lowest BCUT2D eigenvalue weighted by atomic mass is 10.0. The SMILES string of the molecule is CC(=O)O.O=C[C@H](O)[C@@H](O)[C@@H](O)[C@H](O)CO. The number of carbonyl (C=O) groups excluding carboxylic acids is 1. The van der Waals surface area contributed by atoms with Gasteiger partial charge in [0.2, 0.25) is 0 Å². The Bertz CT molecular complexity index is 202. The second-order valence-corrected chi connectivity index (χ2v) is 2.88. The lowest BCUT2D eigenvalue weighted by molar-refractivity contribution is -0.136. The van der Waals surface area contributed by atoms with Gasteiger partial charge in [0, 0.05) is 6.92 Å². The summed E-state index contributed by atoms with van der Waals surface area (Å²) in [5, 5.41) is 51.0. The average molecular weight is 240 g/mol. The van der Waals surface area contributed by atoms with Crippen LogP contribution in [0.4, 0.5) is 0 Å². The predicted molar refractivity (Wildman–Crippen MR) is 50.5 cm³/mol. The minimum Gasteiger partial charge on any atom is -0.481 e. The third-order valence-corrected chi connectivity index (χ3v) is 1.42. The molecule has 0 radical (unpaired) electrons. The summed E-state index contributed by atoms with van der Waals surface area (Å²) < 4.78 is 0. The molecule has 0 bridgehead atoms. The van der Waals surface area contributed by atoms with E-state index in [-0.39, 0.29) is 6.29 Å². The van der Waals surface area contributed by atoms with Gasteiger partial charge >= 0.3 is 0 Å². The number of aldehydes is 1. The maximum Gasteiger partial charge on any atom is 0.300 e. The van der Waals surface area contributed by atoms with E-state index in [4.69, 9.17) is 35.4 Å². The Kier molecular flexibility index (Phi) is 9.96. The Hall–Kier alpha value is -1.06. The quantitative estimate of drug-likeness (QED) is 0.273. The predicted octanol–water partition coefficient (Wildman–Crippen LogP) is -3.29. The van der Waals surface area contributed by atoms with Gasteiger partial charge in [-0.1, -0.05) is 0 Å². The van der Waals surface area contributed by atoms with E-state index in [0.29, 0.717) is 0 Å². The normalized spacial score (nSPS) is 17.4. The number of carboxylic acid groups (broad SMARTS) is 1. The molecule has 8 heteroatoms. The van der Waals surface area contributed by atoms with Gasteiger partial charge in [0.25, 0.3) is 5.97 Å². The lowest BCUT2D eigenvalue weighted by Gasteiger charge is -2.22. The molecule has 0 aliphatic carbocycles. The third-order valence-electron chi connectivity index (χ3n) is 1.42. The van der Waals surface area contributed by atoms with E-state index in [2.05, 4.69) is 0 Å². The van der Waals surface area contributed by atoms with Crippen molar-refractivity contribution in [2.75, 3.05) is 6.61 Å². The summed E-state index contributed by atoms with van der Waals surface area (Å²) in [6, 6.07) is 0. The third kappa shape index (κ3) is 8.26. The number of carboxylic acids is 1. The Labute approximate surface area is 91.4 Å². The van der Waals surface area contributed by atoms with Gasteiger partial charge in [-0.2, -0.15) is 0 Å². The number of hydrogen-bond donors (Lipinski definition) is 6. The standard InChI is InChI=1S/C6H12O6.C2H4O2/c7-1-3(9)5(11)6(12)4(10)2-8;1-2(3)4/h1,3-6,8-12H,2H2;1H3,(H,3,4)/t3-,4+,5+,6-;/m0./s1. The molecule has 0 saturated heterocycles. The molecule has 0 heterocycles. The summed E-state index contributed by atoms with van der Waals surface area (Å²) in [6.45, 7) is 0.323. The first-order valence-electron chi connectivity index (χ1n) is 4.25. The average Bonchev–Trinajstić information content (AvgIpc) is 2.24. The summed E-state index contributed by atoms with van der Waals surface area (Å²) in [6.07, 6.45) is -6.84. The van der Waals surface area contributed by atoms with Crippen LogP contribution in [0.1, 0.15) is 6.92 Å². The maximum absolute atomic E-state index is 9.90. The first kappa shape index (κ1) is 17.3. The number of carbonyl (C=O) groups is 2. The van der Waals surface area contributed by atoms with E-state index in [1.54, 1.807) is 0 Å². The molecule has 0 aromatic heterocycles. The highest BCUT2D eigenvalue weighted by Crippen LogP contribution is 2.02. The fraction of sp³-hybridized carbons (Fsp3) is 0.750. The molecule has 96 valence electrons. The van der Waals surface area contributed by atoms with Crippen molar-refractivity contribution in [1.29, 1.82) is 0 Å². The van der Waals surface area contributed by atoms with E-state index in [0.717, 1.165) is 6.92 Å². The summed E-state index contributed by atoms with van der Waals surface area (Å²) in [5.74, 6) is -0.833. The number of rotatable bonds is 5. The van der Waals surface area contributed by atoms with Gasteiger partial charge in [0.05, 0.1) is 6.61 Å². The Morgan fingerprint density at radius 2 is 1.56 bits per heavy atom. The van der Waals surface area contributed by atoms with Gasteiger partial charge in [-0.3, -0.25) is 4.79 Å². The fourth-order valence-electron chi connectivity index (χ4n) is 0.618. The highest BCUT2D eigenvalue weighted by molar-refractivity contribution is 5.62. The zero-order chi connectivity index (χ0) is 13.3. The van der Waals surface area contributed by atoms with E-state index in [1.165, 1.54) is 0 Å². The Morgan fingerprint density at radius 3 is 1.81 bits per heavy atom. The minimum absolute atomic E-state index is 0.0258. The van der Waals surface area contributed by atoms with Crippen molar-refractivity contribution in [3.8, 4) is 0 Å². The summed E-state index contributed by atoms with van der Waals surface area (Å²) >= 11 is 0. The van der Waals surface area contributed by atoms with Crippen molar-refractivity contribution in [3.63, 3.8) is 0 Å². The molecule has 0 aliphatic heterocycles. The van der Waals surface area contributed by atoms with Crippen molar-refractivity contribution in [3.05, 3.63) is 0 Å². The highest BCUT2D eigenvalue weighted by atomic mass is 16.4. The van der Waals surface area contributed by atoms with E-state index >= 15 is 0 Å². The molecule has 0 spiro atoms. The molecule has 0 rings (SSSR count). The zero-order valence-corrected chi connectivity index (χ0v) is 8.59. The van der Waals surface area contributed by atoms with Gasteiger partial charge in [-0.05, 0) is 0 Å². The molecular formula is C8H16O8. The lowest BCUT2D eigenvalue weighted by Crippen LogP contribution is -2.46. The first-order valence-corrected chi connectivity index (χ1v) is 4.25. The van der Waals surface area contributed by atoms with Crippen molar-refractivity contribution >= 4 is 12.3 Å². The van der Waals surface area contributed by atoms with E-state index in [9.17, 15) is 4.79 Å². The Morgan fingerprint density at radius 1 is 1.19 bits per heavy atom. The zero-order valence-electron chi connectivity index (χ0n) is 8.59. The van der Waals surface area contributed by atoms with Gasteiger partial charge in [-0.25, -0.2) is 0 Å². The highest BCUT2D eigenvalue weighted by Gasteiger charge is 2.29. The van der Waals surface area contributed by atoms with Crippen molar-refractivity contribution in [1.82, 2.24) is 0 Å².